The van der Waals surface area contributed by atoms with Gasteiger partial charge in [0.2, 0.25) is 0 Å². The van der Waals surface area contributed by atoms with E-state index < -0.39 is 35.2 Å². The summed E-state index contributed by atoms with van der Waals surface area (Å²) in [6.07, 6.45) is 2.82. The van der Waals surface area contributed by atoms with Crippen molar-refractivity contribution >= 4 is 57.7 Å². The SMILES string of the molecule is CC=CON=C(C(=O)NC1C(=O)N2C(C(=O)O)=C(COC(C)=O)CS[C@H]12)c1csc(N)n1. The molecule has 1 aromatic rings. The van der Waals surface area contributed by atoms with Gasteiger partial charge >= 0.3 is 11.9 Å². The Morgan fingerprint density at radius 1 is 1.47 bits per heavy atom. The van der Waals surface area contributed by atoms with E-state index in [1.807, 2.05) is 0 Å². The highest BCUT2D eigenvalue weighted by molar-refractivity contribution is 8.00. The number of thiazole rings is 1. The number of thioether (sulfide) groups is 1. The Hall–Kier alpha value is -3.39. The highest BCUT2D eigenvalue weighted by Gasteiger charge is 2.54. The molecule has 1 saturated heterocycles. The number of allylic oxidation sites excluding steroid dienone is 1. The van der Waals surface area contributed by atoms with Crippen LogP contribution in [0.3, 0.4) is 0 Å². The van der Waals surface area contributed by atoms with Crippen LogP contribution >= 0.6 is 23.1 Å². The van der Waals surface area contributed by atoms with E-state index in [4.69, 9.17) is 15.3 Å². The van der Waals surface area contributed by atoms with E-state index in [0.29, 0.717) is 5.57 Å². The molecule has 2 amide bonds. The number of oxime groups is 1. The minimum Gasteiger partial charge on any atom is -0.477 e. The van der Waals surface area contributed by atoms with Gasteiger partial charge in [0.15, 0.2) is 10.8 Å². The second-order valence-electron chi connectivity index (χ2n) is 6.48. The average Bonchev–Trinajstić information content (AvgIpc) is 3.18. The van der Waals surface area contributed by atoms with E-state index in [1.54, 1.807) is 13.0 Å². The lowest BCUT2D eigenvalue weighted by atomic mass is 10.0. The maximum Gasteiger partial charge on any atom is 0.352 e. The van der Waals surface area contributed by atoms with Crippen LogP contribution in [0, 0.1) is 0 Å². The van der Waals surface area contributed by atoms with E-state index in [0.717, 1.165) is 16.2 Å². The van der Waals surface area contributed by atoms with E-state index in [2.05, 4.69) is 15.5 Å². The number of rotatable bonds is 8. The number of amides is 2. The molecule has 14 heteroatoms. The third kappa shape index (κ3) is 4.75. The predicted molar refractivity (Wildman–Crippen MR) is 115 cm³/mol. The summed E-state index contributed by atoms with van der Waals surface area (Å²) >= 11 is 2.35. The Morgan fingerprint density at radius 3 is 2.81 bits per heavy atom. The normalized spacial score (nSPS) is 20.6. The largest absolute Gasteiger partial charge is 0.477 e. The molecule has 3 heterocycles. The predicted octanol–water partition coefficient (Wildman–Crippen LogP) is 0.281. The van der Waals surface area contributed by atoms with Crippen molar-refractivity contribution in [3.8, 4) is 0 Å². The number of carboxylic acid groups (broad SMARTS) is 1. The van der Waals surface area contributed by atoms with Crippen molar-refractivity contribution in [1.82, 2.24) is 15.2 Å². The molecule has 0 aliphatic carbocycles. The molecular formula is C18H19N5O7S2. The zero-order valence-corrected chi connectivity index (χ0v) is 18.6. The van der Waals surface area contributed by atoms with Gasteiger partial charge in [0.1, 0.15) is 35.7 Å². The number of nitrogens with two attached hydrogens (primary N) is 1. The number of β-lactam (4-membered cyclic amide) rings is 1. The smallest absolute Gasteiger partial charge is 0.352 e. The van der Waals surface area contributed by atoms with Crippen molar-refractivity contribution < 1.29 is 33.9 Å². The number of carboxylic acids is 1. The van der Waals surface area contributed by atoms with Gasteiger partial charge in [-0.1, -0.05) is 5.16 Å². The van der Waals surface area contributed by atoms with Crippen LogP contribution in [0.15, 0.2) is 34.1 Å². The van der Waals surface area contributed by atoms with Gasteiger partial charge in [0, 0.05) is 23.6 Å². The molecule has 0 radical (unpaired) electrons. The van der Waals surface area contributed by atoms with Gasteiger partial charge in [-0.25, -0.2) is 9.78 Å². The highest BCUT2D eigenvalue weighted by atomic mass is 32.2. The summed E-state index contributed by atoms with van der Waals surface area (Å²) in [6.45, 7) is 2.67. The molecule has 0 saturated carbocycles. The molecule has 3 rings (SSSR count). The topological polar surface area (TPSA) is 174 Å². The molecule has 1 unspecified atom stereocenters. The second-order valence-corrected chi connectivity index (χ2v) is 8.48. The molecule has 12 nitrogen and oxygen atoms in total. The zero-order valence-electron chi connectivity index (χ0n) is 16.9. The fourth-order valence-electron chi connectivity index (χ4n) is 2.94. The van der Waals surface area contributed by atoms with Gasteiger partial charge < -0.3 is 25.7 Å². The van der Waals surface area contributed by atoms with Crippen LogP contribution in [0.2, 0.25) is 0 Å². The number of aromatic nitrogens is 1. The molecule has 1 aromatic heterocycles. The molecule has 0 spiro atoms. The van der Waals surface area contributed by atoms with Gasteiger partial charge in [-0.2, -0.15) is 0 Å². The Bertz CT molecular complexity index is 1050. The summed E-state index contributed by atoms with van der Waals surface area (Å²) in [4.78, 5) is 58.5. The lowest BCUT2D eigenvalue weighted by Gasteiger charge is -2.49. The number of nitrogens with zero attached hydrogens (tertiary/aromatic N) is 3. The lowest BCUT2D eigenvalue weighted by Crippen LogP contribution is -2.71. The molecule has 170 valence electrons. The lowest BCUT2D eigenvalue weighted by molar-refractivity contribution is -0.150. The maximum absolute atomic E-state index is 12.8. The molecule has 4 N–H and O–H groups in total. The first-order valence-electron chi connectivity index (χ1n) is 9.15. The molecule has 2 aliphatic rings. The number of carbonyl (C=O) groups excluding carboxylic acids is 3. The van der Waals surface area contributed by atoms with E-state index >= 15 is 0 Å². The number of hydrogen-bond acceptors (Lipinski definition) is 11. The molecule has 0 bridgehead atoms. The Morgan fingerprint density at radius 2 is 2.22 bits per heavy atom. The average molecular weight is 482 g/mol. The Labute approximate surface area is 190 Å². The van der Waals surface area contributed by atoms with Crippen molar-refractivity contribution in [2.24, 2.45) is 5.16 Å². The van der Waals surface area contributed by atoms with Gasteiger partial charge in [-0.05, 0) is 13.0 Å². The minimum absolute atomic E-state index is 0.171. The van der Waals surface area contributed by atoms with Crippen LogP contribution in [0.1, 0.15) is 19.5 Å². The van der Waals surface area contributed by atoms with Crippen LogP contribution in [0.5, 0.6) is 0 Å². The van der Waals surface area contributed by atoms with Crippen LogP contribution in [0.4, 0.5) is 5.13 Å². The molecule has 2 aliphatic heterocycles. The molecule has 1 fully saturated rings. The fourth-order valence-corrected chi connectivity index (χ4v) is 4.81. The van der Waals surface area contributed by atoms with Crippen LogP contribution < -0.4 is 11.1 Å². The van der Waals surface area contributed by atoms with Crippen LogP contribution in [-0.2, 0) is 28.8 Å². The van der Waals surface area contributed by atoms with E-state index in [-0.39, 0.29) is 34.6 Å². The van der Waals surface area contributed by atoms with Crippen molar-refractivity contribution in [1.29, 1.82) is 0 Å². The molecule has 0 aromatic carbocycles. The number of anilines is 1. The quantitative estimate of drug-likeness (QED) is 0.154. The summed E-state index contributed by atoms with van der Waals surface area (Å²) in [5, 5.41) is 17.0. The monoisotopic (exact) mass is 481 g/mol. The first-order valence-corrected chi connectivity index (χ1v) is 11.1. The van der Waals surface area contributed by atoms with E-state index in [9.17, 15) is 24.3 Å². The van der Waals surface area contributed by atoms with Crippen molar-refractivity contribution in [2.75, 3.05) is 18.1 Å². The molecule has 32 heavy (non-hydrogen) atoms. The Balaban J connectivity index is 1.78. The summed E-state index contributed by atoms with van der Waals surface area (Å²) in [5.74, 6) is -3.02. The van der Waals surface area contributed by atoms with Crippen molar-refractivity contribution in [2.45, 2.75) is 25.3 Å². The molecular weight excluding hydrogens is 462 g/mol. The number of esters is 1. The van der Waals surface area contributed by atoms with Crippen molar-refractivity contribution in [3.63, 3.8) is 0 Å². The third-order valence-electron chi connectivity index (χ3n) is 4.31. The third-order valence-corrected chi connectivity index (χ3v) is 6.32. The first-order chi connectivity index (χ1) is 15.2. The number of ether oxygens (including phenoxy) is 1. The summed E-state index contributed by atoms with van der Waals surface area (Å²) < 4.78 is 4.89. The first kappa shape index (κ1) is 23.3. The fraction of sp³-hybridized carbons (Fsp3) is 0.333. The number of aliphatic carboxylic acids is 1. The van der Waals surface area contributed by atoms with E-state index in [1.165, 1.54) is 30.3 Å². The number of carbonyl (C=O) groups is 4. The summed E-state index contributed by atoms with van der Waals surface area (Å²) in [7, 11) is 0. The Kier molecular flexibility index (Phi) is 7.15. The minimum atomic E-state index is -1.32. The van der Waals surface area contributed by atoms with Gasteiger partial charge in [-0.3, -0.25) is 19.3 Å². The number of hydrogen-bond donors (Lipinski definition) is 3. The van der Waals surface area contributed by atoms with Crippen LogP contribution in [-0.4, -0.2) is 68.2 Å². The number of nitrogens with one attached hydrogen (secondary N) is 1. The summed E-state index contributed by atoms with van der Waals surface area (Å²) in [5.41, 5.74) is 5.66. The maximum atomic E-state index is 12.8. The zero-order chi connectivity index (χ0) is 23.4. The van der Waals surface area contributed by atoms with Gasteiger partial charge in [0.25, 0.3) is 11.8 Å². The summed E-state index contributed by atoms with van der Waals surface area (Å²) in [6, 6.07) is -0.986. The van der Waals surface area contributed by atoms with Crippen LogP contribution in [0.25, 0.3) is 0 Å². The standard InChI is InChI=1S/C18H19N5O7S2/c1-3-4-30-22-11(10-7-32-18(19)20-10)14(25)21-12-15(26)23-13(17(27)28)9(5-29-8(2)24)6-31-16(12)23/h3-4,7,12,16H,5-6H2,1-2H3,(H2,19,20)(H,21,25)(H,27,28)/t12?,16-/m1/s1. The highest BCUT2D eigenvalue weighted by Crippen LogP contribution is 2.40. The number of fused-ring (bicyclic) bond motifs is 1. The van der Waals surface area contributed by atoms with Crippen molar-refractivity contribution in [3.05, 3.63) is 34.7 Å². The second kappa shape index (κ2) is 9.82. The van der Waals surface area contributed by atoms with Gasteiger partial charge in [-0.15, -0.1) is 23.1 Å². The molecule has 2 atom stereocenters. The number of nitrogen functional groups attached to an aromatic ring is 1. The van der Waals surface area contributed by atoms with Gasteiger partial charge in [0.05, 0.1) is 0 Å².